The van der Waals surface area contributed by atoms with Gasteiger partial charge in [0.15, 0.2) is 0 Å². The fourth-order valence-electron chi connectivity index (χ4n) is 2.51. The van der Waals surface area contributed by atoms with Gasteiger partial charge in [0.2, 0.25) is 11.8 Å². The molecule has 1 aromatic carbocycles. The number of nitrogens with zero attached hydrogens (tertiary/aromatic N) is 2. The van der Waals surface area contributed by atoms with Gasteiger partial charge >= 0.3 is 0 Å². The van der Waals surface area contributed by atoms with Gasteiger partial charge in [-0.15, -0.1) is 0 Å². The van der Waals surface area contributed by atoms with Gasteiger partial charge in [0.25, 0.3) is 0 Å². The maximum Gasteiger partial charge on any atom is 0.242 e. The second-order valence-corrected chi connectivity index (χ2v) is 5.49. The number of likely N-dealkylation sites (N-methyl/N-ethyl adjacent to an activating group) is 1. The lowest BCUT2D eigenvalue weighted by Crippen LogP contribution is -2.53. The summed E-state index contributed by atoms with van der Waals surface area (Å²) in [5, 5.41) is 0. The molecule has 1 saturated heterocycles. The van der Waals surface area contributed by atoms with Crippen LogP contribution in [0, 0.1) is 13.8 Å². The van der Waals surface area contributed by atoms with E-state index in [1.165, 1.54) is 10.5 Å². The maximum absolute atomic E-state index is 11.9. The van der Waals surface area contributed by atoms with Crippen molar-refractivity contribution in [2.75, 3.05) is 26.7 Å². The molecule has 1 fully saturated rings. The number of rotatable bonds is 3. The molecule has 5 heteroatoms. The van der Waals surface area contributed by atoms with Crippen molar-refractivity contribution in [3.05, 3.63) is 34.9 Å². The first-order chi connectivity index (χ1) is 9.38. The molecule has 1 unspecified atom stereocenters. The minimum absolute atomic E-state index is 0.0440. The highest BCUT2D eigenvalue weighted by Crippen LogP contribution is 2.19. The summed E-state index contributed by atoms with van der Waals surface area (Å²) in [5.41, 5.74) is 9.52. The average Bonchev–Trinajstić information content (AvgIpc) is 2.35. The average molecular weight is 275 g/mol. The fourth-order valence-corrected chi connectivity index (χ4v) is 2.51. The number of carbonyl (C=O) groups excluding carboxylic acids is 2. The van der Waals surface area contributed by atoms with Gasteiger partial charge in [-0.2, -0.15) is 0 Å². The van der Waals surface area contributed by atoms with Gasteiger partial charge < -0.3 is 15.5 Å². The Kier molecular flexibility index (Phi) is 4.09. The summed E-state index contributed by atoms with van der Waals surface area (Å²) in [6.45, 7) is 4.68. The molecule has 20 heavy (non-hydrogen) atoms. The molecule has 0 saturated carbocycles. The predicted molar refractivity (Wildman–Crippen MR) is 77.1 cm³/mol. The molecule has 2 amide bonds. The molecule has 0 aliphatic carbocycles. The number of aryl methyl sites for hydroxylation is 2. The van der Waals surface area contributed by atoms with Crippen LogP contribution in [0.3, 0.4) is 0 Å². The van der Waals surface area contributed by atoms with Crippen molar-refractivity contribution in [2.24, 2.45) is 5.73 Å². The summed E-state index contributed by atoms with van der Waals surface area (Å²) >= 11 is 0. The Morgan fingerprint density at radius 1 is 1.20 bits per heavy atom. The first-order valence-electron chi connectivity index (χ1n) is 6.73. The van der Waals surface area contributed by atoms with Crippen LogP contribution in [0.25, 0.3) is 0 Å². The van der Waals surface area contributed by atoms with Gasteiger partial charge in [-0.1, -0.05) is 23.8 Å². The number of carbonyl (C=O) groups is 2. The third-order valence-corrected chi connectivity index (χ3v) is 3.72. The molecule has 1 aliphatic heterocycles. The number of piperazine rings is 1. The summed E-state index contributed by atoms with van der Waals surface area (Å²) in [6.07, 6.45) is 0. The smallest absolute Gasteiger partial charge is 0.242 e. The van der Waals surface area contributed by atoms with Crippen LogP contribution in [0.4, 0.5) is 0 Å². The Hall–Kier alpha value is -1.88. The number of hydrogen-bond donors (Lipinski definition) is 1. The van der Waals surface area contributed by atoms with Crippen molar-refractivity contribution in [3.63, 3.8) is 0 Å². The van der Waals surface area contributed by atoms with Crippen LogP contribution < -0.4 is 5.73 Å². The van der Waals surface area contributed by atoms with Gasteiger partial charge in [-0.05, 0) is 25.0 Å². The van der Waals surface area contributed by atoms with Crippen molar-refractivity contribution >= 4 is 11.8 Å². The normalized spacial score (nSPS) is 17.6. The van der Waals surface area contributed by atoms with Gasteiger partial charge in [0, 0.05) is 19.6 Å². The molecule has 0 radical (unpaired) electrons. The molecule has 1 heterocycles. The third-order valence-electron chi connectivity index (χ3n) is 3.72. The van der Waals surface area contributed by atoms with Gasteiger partial charge in [-0.3, -0.25) is 9.59 Å². The molecule has 0 aromatic heterocycles. The molecule has 0 bridgehead atoms. The zero-order valence-corrected chi connectivity index (χ0v) is 12.2. The molecule has 2 N–H and O–H groups in total. The van der Waals surface area contributed by atoms with E-state index in [1.807, 2.05) is 26.0 Å². The van der Waals surface area contributed by atoms with Crippen LogP contribution in [0.5, 0.6) is 0 Å². The second kappa shape index (κ2) is 5.63. The van der Waals surface area contributed by atoms with Gasteiger partial charge in [-0.25, -0.2) is 0 Å². The molecule has 1 aromatic rings. The van der Waals surface area contributed by atoms with Crippen LogP contribution >= 0.6 is 0 Å². The quantitative estimate of drug-likeness (QED) is 0.878. The monoisotopic (exact) mass is 275 g/mol. The molecule has 1 atom stereocenters. The topological polar surface area (TPSA) is 66.6 Å². The summed E-state index contributed by atoms with van der Waals surface area (Å²) in [6, 6.07) is 5.82. The van der Waals surface area contributed by atoms with E-state index in [0.29, 0.717) is 6.54 Å². The molecular weight excluding hydrogens is 254 g/mol. The van der Waals surface area contributed by atoms with E-state index in [2.05, 4.69) is 6.07 Å². The maximum atomic E-state index is 11.9. The minimum atomic E-state index is -0.268. The Balaban J connectivity index is 2.09. The third kappa shape index (κ3) is 2.99. The summed E-state index contributed by atoms with van der Waals surface area (Å²) < 4.78 is 0. The zero-order valence-electron chi connectivity index (χ0n) is 12.2. The van der Waals surface area contributed by atoms with Crippen molar-refractivity contribution in [3.8, 4) is 0 Å². The summed E-state index contributed by atoms with van der Waals surface area (Å²) in [4.78, 5) is 26.6. The highest BCUT2D eigenvalue weighted by Gasteiger charge is 2.28. The summed E-state index contributed by atoms with van der Waals surface area (Å²) in [7, 11) is 1.64. The second-order valence-electron chi connectivity index (χ2n) is 5.49. The predicted octanol–water partition coefficient (Wildman–Crippen LogP) is 0.604. The van der Waals surface area contributed by atoms with E-state index >= 15 is 0 Å². The molecule has 1 aliphatic rings. The van der Waals surface area contributed by atoms with Crippen LogP contribution in [-0.2, 0) is 9.59 Å². The van der Waals surface area contributed by atoms with Crippen LogP contribution in [0.2, 0.25) is 0 Å². The van der Waals surface area contributed by atoms with E-state index < -0.39 is 0 Å². The van der Waals surface area contributed by atoms with E-state index in [1.54, 1.807) is 11.9 Å². The SMILES string of the molecule is Cc1ccc(C(N)CN2CC(=O)N(C)CC2=O)c(C)c1. The van der Waals surface area contributed by atoms with E-state index in [-0.39, 0.29) is 30.9 Å². The highest BCUT2D eigenvalue weighted by molar-refractivity contribution is 5.92. The van der Waals surface area contributed by atoms with Gasteiger partial charge in [0.1, 0.15) is 0 Å². The van der Waals surface area contributed by atoms with E-state index in [9.17, 15) is 9.59 Å². The fraction of sp³-hybridized carbons (Fsp3) is 0.467. The number of amides is 2. The lowest BCUT2D eigenvalue weighted by atomic mass is 9.99. The molecular formula is C15H21N3O2. The van der Waals surface area contributed by atoms with Crippen LogP contribution in [0.15, 0.2) is 18.2 Å². The number of nitrogens with two attached hydrogens (primary N) is 1. The number of hydrogen-bond acceptors (Lipinski definition) is 3. The summed E-state index contributed by atoms with van der Waals surface area (Å²) in [5.74, 6) is -0.0928. The van der Waals surface area contributed by atoms with Crippen molar-refractivity contribution in [1.29, 1.82) is 0 Å². The first-order valence-corrected chi connectivity index (χ1v) is 6.73. The largest absolute Gasteiger partial charge is 0.335 e. The Labute approximate surface area is 119 Å². The molecule has 108 valence electrons. The molecule has 0 spiro atoms. The van der Waals surface area contributed by atoms with E-state index in [4.69, 9.17) is 5.73 Å². The van der Waals surface area contributed by atoms with Gasteiger partial charge in [0.05, 0.1) is 13.1 Å². The van der Waals surface area contributed by atoms with Crippen molar-refractivity contribution < 1.29 is 9.59 Å². The highest BCUT2D eigenvalue weighted by atomic mass is 16.2. The molecule has 2 rings (SSSR count). The van der Waals surface area contributed by atoms with E-state index in [0.717, 1.165) is 11.1 Å². The molecule has 5 nitrogen and oxygen atoms in total. The Bertz CT molecular complexity index is 542. The zero-order chi connectivity index (χ0) is 14.9. The lowest BCUT2D eigenvalue weighted by Gasteiger charge is -2.33. The van der Waals surface area contributed by atoms with Crippen molar-refractivity contribution in [1.82, 2.24) is 9.80 Å². The minimum Gasteiger partial charge on any atom is -0.335 e. The standard InChI is InChI=1S/C15H21N3O2/c1-10-4-5-12(11(2)6-10)13(16)7-18-9-14(19)17(3)8-15(18)20/h4-6,13H,7-9,16H2,1-3H3. The lowest BCUT2D eigenvalue weighted by molar-refractivity contribution is -0.148. The van der Waals surface area contributed by atoms with Crippen LogP contribution in [-0.4, -0.2) is 48.3 Å². The van der Waals surface area contributed by atoms with Crippen molar-refractivity contribution in [2.45, 2.75) is 19.9 Å². The Morgan fingerprint density at radius 2 is 1.90 bits per heavy atom. The Morgan fingerprint density at radius 3 is 2.55 bits per heavy atom. The van der Waals surface area contributed by atoms with Crippen LogP contribution in [0.1, 0.15) is 22.7 Å². The number of benzene rings is 1. The first kappa shape index (κ1) is 14.5.